The van der Waals surface area contributed by atoms with Gasteiger partial charge in [0, 0.05) is 21.2 Å². The molecule has 1 atom stereocenters. The topological polar surface area (TPSA) is 54.5 Å². The molecule has 1 fully saturated rings. The molecule has 0 bridgehead atoms. The third kappa shape index (κ3) is 3.41. The summed E-state index contributed by atoms with van der Waals surface area (Å²) in [6, 6.07) is 4.83. The van der Waals surface area contributed by atoms with Crippen LogP contribution in [-0.2, 0) is 9.84 Å². The fourth-order valence-corrected chi connectivity index (χ4v) is 4.41. The van der Waals surface area contributed by atoms with Crippen molar-refractivity contribution in [3.8, 4) is 0 Å². The molecule has 2 rings (SSSR count). The molecule has 1 amide bonds. The third-order valence-electron chi connectivity index (χ3n) is 3.09. The summed E-state index contributed by atoms with van der Waals surface area (Å²) in [4.78, 5) is 14.1. The fraction of sp³-hybridized carbons (Fsp3) is 0.417. The van der Waals surface area contributed by atoms with E-state index >= 15 is 0 Å². The number of nitrogens with zero attached hydrogens (tertiary/aromatic N) is 1. The maximum Gasteiger partial charge on any atom is 0.255 e. The van der Waals surface area contributed by atoms with Gasteiger partial charge in [-0.1, -0.05) is 11.6 Å². The molecule has 1 saturated heterocycles. The predicted octanol–water partition coefficient (Wildman–Crippen LogP) is 2.20. The number of benzene rings is 1. The van der Waals surface area contributed by atoms with E-state index in [2.05, 4.69) is 22.6 Å². The van der Waals surface area contributed by atoms with E-state index < -0.39 is 9.84 Å². The number of carbonyl (C=O) groups is 1. The zero-order valence-corrected chi connectivity index (χ0v) is 14.0. The molecule has 104 valence electrons. The van der Waals surface area contributed by atoms with Gasteiger partial charge in [-0.25, -0.2) is 8.42 Å². The summed E-state index contributed by atoms with van der Waals surface area (Å²) < 4.78 is 23.9. The second kappa shape index (κ2) is 5.57. The van der Waals surface area contributed by atoms with Crippen LogP contribution in [0.25, 0.3) is 0 Å². The van der Waals surface area contributed by atoms with Crippen LogP contribution in [0.4, 0.5) is 0 Å². The van der Waals surface area contributed by atoms with Gasteiger partial charge in [0.05, 0.1) is 17.1 Å². The molecule has 19 heavy (non-hydrogen) atoms. The van der Waals surface area contributed by atoms with E-state index in [1.54, 1.807) is 30.0 Å². The van der Waals surface area contributed by atoms with Crippen LogP contribution < -0.4 is 0 Å². The number of halogens is 2. The van der Waals surface area contributed by atoms with E-state index in [0.717, 1.165) is 3.57 Å². The van der Waals surface area contributed by atoms with Gasteiger partial charge in [0.25, 0.3) is 5.91 Å². The quantitative estimate of drug-likeness (QED) is 0.663. The molecule has 0 aromatic heterocycles. The lowest BCUT2D eigenvalue weighted by molar-refractivity contribution is 0.0711. The highest BCUT2D eigenvalue weighted by Crippen LogP contribution is 2.22. The Balaban J connectivity index is 2.27. The Morgan fingerprint density at radius 3 is 2.79 bits per heavy atom. The standard InChI is InChI=1S/C12H13ClINO3S/c1-8-7-19(17,18)5-4-15(8)12(16)10-6-9(13)2-3-11(10)14/h2-3,6,8H,4-5,7H2,1H3. The number of rotatable bonds is 1. The molecule has 0 radical (unpaired) electrons. The molecular formula is C12H13ClINO3S. The van der Waals surface area contributed by atoms with Gasteiger partial charge in [0.15, 0.2) is 9.84 Å². The Bertz CT molecular complexity index is 617. The summed E-state index contributed by atoms with van der Waals surface area (Å²) >= 11 is 7.99. The first-order valence-corrected chi connectivity index (χ1v) is 9.04. The first-order valence-electron chi connectivity index (χ1n) is 5.76. The van der Waals surface area contributed by atoms with Crippen molar-refractivity contribution in [2.75, 3.05) is 18.1 Å². The van der Waals surface area contributed by atoms with Crippen molar-refractivity contribution in [1.29, 1.82) is 0 Å². The van der Waals surface area contributed by atoms with Gasteiger partial charge < -0.3 is 4.90 Å². The molecule has 0 aliphatic carbocycles. The van der Waals surface area contributed by atoms with Crippen molar-refractivity contribution in [3.05, 3.63) is 32.4 Å². The van der Waals surface area contributed by atoms with Gasteiger partial charge in [-0.2, -0.15) is 0 Å². The largest absolute Gasteiger partial charge is 0.334 e. The van der Waals surface area contributed by atoms with Crippen molar-refractivity contribution >= 4 is 49.9 Å². The monoisotopic (exact) mass is 413 g/mol. The minimum atomic E-state index is -3.02. The molecule has 1 aliphatic rings. The number of amides is 1. The summed E-state index contributed by atoms with van der Waals surface area (Å²) in [6.07, 6.45) is 0. The van der Waals surface area contributed by atoms with Crippen LogP contribution in [-0.4, -0.2) is 43.3 Å². The smallest absolute Gasteiger partial charge is 0.255 e. The molecule has 0 spiro atoms. The Kier molecular flexibility index (Phi) is 4.42. The normalized spacial score (nSPS) is 22.3. The lowest BCUT2D eigenvalue weighted by atomic mass is 10.1. The van der Waals surface area contributed by atoms with Crippen LogP contribution in [0.3, 0.4) is 0 Å². The highest BCUT2D eigenvalue weighted by atomic mass is 127. The highest BCUT2D eigenvalue weighted by molar-refractivity contribution is 14.1. The third-order valence-corrected chi connectivity index (χ3v) is 6.06. The number of carbonyl (C=O) groups excluding carboxylic acids is 1. The molecule has 1 aromatic rings. The van der Waals surface area contributed by atoms with Crippen LogP contribution >= 0.6 is 34.2 Å². The van der Waals surface area contributed by atoms with Crippen molar-refractivity contribution in [2.24, 2.45) is 0 Å². The van der Waals surface area contributed by atoms with Crippen molar-refractivity contribution < 1.29 is 13.2 Å². The zero-order chi connectivity index (χ0) is 14.2. The molecule has 0 N–H and O–H groups in total. The predicted molar refractivity (Wildman–Crippen MR) is 83.3 cm³/mol. The lowest BCUT2D eigenvalue weighted by Gasteiger charge is -2.33. The minimum absolute atomic E-state index is 0.0237. The van der Waals surface area contributed by atoms with Crippen molar-refractivity contribution in [1.82, 2.24) is 4.90 Å². The number of hydrogen-bond acceptors (Lipinski definition) is 3. The second-order valence-electron chi connectivity index (χ2n) is 4.59. The first kappa shape index (κ1) is 15.1. The Labute approximate surface area is 131 Å². The van der Waals surface area contributed by atoms with E-state index in [1.807, 2.05) is 0 Å². The number of sulfone groups is 1. The Hall–Kier alpha value is -0.340. The minimum Gasteiger partial charge on any atom is -0.334 e. The van der Waals surface area contributed by atoms with Crippen LogP contribution in [0.5, 0.6) is 0 Å². The molecule has 1 unspecified atom stereocenters. The van der Waals surface area contributed by atoms with Gasteiger partial charge in [-0.3, -0.25) is 4.79 Å². The Morgan fingerprint density at radius 1 is 1.47 bits per heavy atom. The molecule has 7 heteroatoms. The average Bonchev–Trinajstić information content (AvgIpc) is 2.30. The second-order valence-corrected chi connectivity index (χ2v) is 8.41. The molecule has 1 aromatic carbocycles. The maximum atomic E-state index is 12.5. The van der Waals surface area contributed by atoms with Gasteiger partial charge in [0.2, 0.25) is 0 Å². The van der Waals surface area contributed by atoms with Crippen LogP contribution in [0.2, 0.25) is 5.02 Å². The summed E-state index contributed by atoms with van der Waals surface area (Å²) in [5.41, 5.74) is 0.527. The molecule has 1 heterocycles. The van der Waals surface area contributed by atoms with E-state index in [1.165, 1.54) is 0 Å². The Morgan fingerprint density at radius 2 is 2.16 bits per heavy atom. The van der Waals surface area contributed by atoms with Gasteiger partial charge in [-0.15, -0.1) is 0 Å². The fourth-order valence-electron chi connectivity index (χ4n) is 2.12. The van der Waals surface area contributed by atoms with E-state index in [4.69, 9.17) is 11.6 Å². The molecular weight excluding hydrogens is 401 g/mol. The van der Waals surface area contributed by atoms with E-state index in [9.17, 15) is 13.2 Å². The van der Waals surface area contributed by atoms with Crippen LogP contribution in [0.15, 0.2) is 18.2 Å². The van der Waals surface area contributed by atoms with E-state index in [-0.39, 0.29) is 30.0 Å². The summed E-state index contributed by atoms with van der Waals surface area (Å²) in [5.74, 6) is -0.106. The number of hydrogen-bond donors (Lipinski definition) is 0. The van der Waals surface area contributed by atoms with Crippen molar-refractivity contribution in [2.45, 2.75) is 13.0 Å². The average molecular weight is 414 g/mol. The van der Waals surface area contributed by atoms with E-state index in [0.29, 0.717) is 10.6 Å². The first-order chi connectivity index (χ1) is 8.80. The van der Waals surface area contributed by atoms with Crippen LogP contribution in [0.1, 0.15) is 17.3 Å². The highest BCUT2D eigenvalue weighted by Gasteiger charge is 2.32. The molecule has 1 aliphatic heterocycles. The van der Waals surface area contributed by atoms with Crippen molar-refractivity contribution in [3.63, 3.8) is 0 Å². The summed E-state index contributed by atoms with van der Waals surface area (Å²) in [5, 5.41) is 0.501. The van der Waals surface area contributed by atoms with Gasteiger partial charge in [-0.05, 0) is 47.7 Å². The molecule has 0 saturated carbocycles. The zero-order valence-electron chi connectivity index (χ0n) is 10.3. The summed E-state index contributed by atoms with van der Waals surface area (Å²) in [7, 11) is -3.02. The lowest BCUT2D eigenvalue weighted by Crippen LogP contribution is -2.49. The van der Waals surface area contributed by atoms with Gasteiger partial charge >= 0.3 is 0 Å². The SMILES string of the molecule is CC1CS(=O)(=O)CCN1C(=O)c1cc(Cl)ccc1I. The van der Waals surface area contributed by atoms with Gasteiger partial charge in [0.1, 0.15) is 0 Å². The molecule has 4 nitrogen and oxygen atoms in total. The maximum absolute atomic E-state index is 12.5. The summed E-state index contributed by atoms with van der Waals surface area (Å²) in [6.45, 7) is 2.00. The van der Waals surface area contributed by atoms with Crippen LogP contribution in [0, 0.1) is 3.57 Å².